The predicted octanol–water partition coefficient (Wildman–Crippen LogP) is 3.74. The fourth-order valence-electron chi connectivity index (χ4n) is 3.56. The van der Waals surface area contributed by atoms with Crippen LogP contribution >= 0.6 is 0 Å². The summed E-state index contributed by atoms with van der Waals surface area (Å²) in [4.78, 5) is 52.2. The van der Waals surface area contributed by atoms with Crippen LogP contribution in [0, 0.1) is 19.8 Å². The molecule has 0 unspecified atom stereocenters. The molecule has 6 heteroatoms. The third kappa shape index (κ3) is 3.77. The largest absolute Gasteiger partial charge is 0.453 e. The van der Waals surface area contributed by atoms with Crippen molar-refractivity contribution in [3.05, 3.63) is 70.3 Å². The number of Topliss-reactive ketones (excluding diaryl/α,β-unsaturated/α-hetero) is 1. The van der Waals surface area contributed by atoms with Gasteiger partial charge in [-0.25, -0.2) is 4.79 Å². The third-order valence-corrected chi connectivity index (χ3v) is 5.43. The number of carbonyl (C=O) groups excluding carboxylic acids is 4. The second kappa shape index (κ2) is 8.22. The lowest BCUT2D eigenvalue weighted by atomic mass is 10.0. The van der Waals surface area contributed by atoms with Crippen molar-refractivity contribution in [1.82, 2.24) is 4.90 Å². The van der Waals surface area contributed by atoms with E-state index >= 15 is 0 Å². The molecule has 30 heavy (non-hydrogen) atoms. The summed E-state index contributed by atoms with van der Waals surface area (Å²) >= 11 is 0. The van der Waals surface area contributed by atoms with E-state index in [-0.39, 0.29) is 22.8 Å². The van der Waals surface area contributed by atoms with Crippen molar-refractivity contribution in [2.24, 2.45) is 5.92 Å². The first-order valence-electron chi connectivity index (χ1n) is 9.92. The van der Waals surface area contributed by atoms with Crippen molar-refractivity contribution in [3.63, 3.8) is 0 Å². The number of imide groups is 1. The second-order valence-electron chi connectivity index (χ2n) is 7.96. The van der Waals surface area contributed by atoms with Gasteiger partial charge in [-0.05, 0) is 56.0 Å². The Morgan fingerprint density at radius 1 is 0.867 bits per heavy atom. The Bertz CT molecular complexity index is 1000. The predicted molar refractivity (Wildman–Crippen MR) is 111 cm³/mol. The molecule has 0 radical (unpaired) electrons. The van der Waals surface area contributed by atoms with Crippen LogP contribution in [-0.2, 0) is 9.53 Å². The van der Waals surface area contributed by atoms with Crippen LogP contribution in [0.25, 0.3) is 0 Å². The SMILES string of the molecule is Cc1ccc(C(=O)[C@H](C)OC(=O)[C@@H](C(C)C)N2C(=O)c3ccccc3C2=O)cc1C. The molecule has 1 heterocycles. The molecule has 1 aliphatic heterocycles. The van der Waals surface area contributed by atoms with Gasteiger partial charge in [0.1, 0.15) is 6.04 Å². The molecule has 2 amide bonds. The number of benzene rings is 2. The molecule has 2 aromatic rings. The maximum absolute atomic E-state index is 13.0. The quantitative estimate of drug-likeness (QED) is 0.414. The number of hydrogen-bond donors (Lipinski definition) is 0. The molecule has 0 spiro atoms. The number of carbonyl (C=O) groups is 4. The standard InChI is InChI=1S/C24H25NO5/c1-13(2)20(25-22(27)18-8-6-7-9-19(18)23(25)28)24(29)30-16(5)21(26)17-11-10-14(3)15(4)12-17/h6-13,16,20H,1-5H3/t16-,20+/m0/s1. The first-order valence-corrected chi connectivity index (χ1v) is 9.92. The van der Waals surface area contributed by atoms with E-state index in [1.165, 1.54) is 6.92 Å². The number of aryl methyl sites for hydroxylation is 2. The van der Waals surface area contributed by atoms with Crippen molar-refractivity contribution in [1.29, 1.82) is 0 Å². The number of ether oxygens (including phenoxy) is 1. The maximum atomic E-state index is 13.0. The lowest BCUT2D eigenvalue weighted by Gasteiger charge is -2.28. The van der Waals surface area contributed by atoms with Gasteiger partial charge in [-0.3, -0.25) is 19.3 Å². The highest BCUT2D eigenvalue weighted by Gasteiger charge is 2.45. The topological polar surface area (TPSA) is 80.8 Å². The number of rotatable bonds is 6. The molecule has 0 fully saturated rings. The van der Waals surface area contributed by atoms with Crippen LogP contribution in [0.2, 0.25) is 0 Å². The number of ketones is 1. The minimum Gasteiger partial charge on any atom is -0.453 e. The van der Waals surface area contributed by atoms with Crippen molar-refractivity contribution >= 4 is 23.6 Å². The Morgan fingerprint density at radius 3 is 1.93 bits per heavy atom. The molecular weight excluding hydrogens is 382 g/mol. The number of hydrogen-bond acceptors (Lipinski definition) is 5. The van der Waals surface area contributed by atoms with Crippen LogP contribution in [0.15, 0.2) is 42.5 Å². The smallest absolute Gasteiger partial charge is 0.330 e. The van der Waals surface area contributed by atoms with E-state index in [1.54, 1.807) is 50.2 Å². The molecule has 0 N–H and O–H groups in total. The van der Waals surface area contributed by atoms with E-state index in [4.69, 9.17) is 4.74 Å². The highest BCUT2D eigenvalue weighted by atomic mass is 16.5. The van der Waals surface area contributed by atoms with Crippen LogP contribution in [0.4, 0.5) is 0 Å². The fraction of sp³-hybridized carbons (Fsp3) is 0.333. The second-order valence-corrected chi connectivity index (χ2v) is 7.96. The van der Waals surface area contributed by atoms with Gasteiger partial charge in [-0.15, -0.1) is 0 Å². The first kappa shape index (κ1) is 21.4. The van der Waals surface area contributed by atoms with E-state index < -0.39 is 29.9 Å². The molecule has 0 aromatic heterocycles. The van der Waals surface area contributed by atoms with Crippen LogP contribution in [-0.4, -0.2) is 40.6 Å². The molecule has 0 bridgehead atoms. The Hall–Kier alpha value is -3.28. The molecular formula is C24H25NO5. The normalized spacial score (nSPS) is 15.2. The number of amides is 2. The molecule has 3 rings (SSSR count). The van der Waals surface area contributed by atoms with E-state index in [9.17, 15) is 19.2 Å². The molecule has 2 aromatic carbocycles. The van der Waals surface area contributed by atoms with Gasteiger partial charge in [0, 0.05) is 5.56 Å². The minimum absolute atomic E-state index is 0.264. The highest BCUT2D eigenvalue weighted by Crippen LogP contribution is 2.28. The summed E-state index contributed by atoms with van der Waals surface area (Å²) < 4.78 is 5.43. The summed E-state index contributed by atoms with van der Waals surface area (Å²) in [5, 5.41) is 0. The third-order valence-electron chi connectivity index (χ3n) is 5.43. The molecule has 2 atom stereocenters. The molecule has 0 saturated heterocycles. The molecule has 6 nitrogen and oxygen atoms in total. The van der Waals surface area contributed by atoms with Crippen LogP contribution in [0.5, 0.6) is 0 Å². The van der Waals surface area contributed by atoms with Crippen molar-refractivity contribution in [3.8, 4) is 0 Å². The first-order chi connectivity index (χ1) is 14.1. The van der Waals surface area contributed by atoms with Gasteiger partial charge in [-0.1, -0.05) is 38.1 Å². The molecule has 156 valence electrons. The highest BCUT2D eigenvalue weighted by molar-refractivity contribution is 6.22. The fourth-order valence-corrected chi connectivity index (χ4v) is 3.56. The molecule has 0 aliphatic carbocycles. The van der Waals surface area contributed by atoms with Gasteiger partial charge in [-0.2, -0.15) is 0 Å². The van der Waals surface area contributed by atoms with Gasteiger partial charge in [0.25, 0.3) is 11.8 Å². The molecule has 0 saturated carbocycles. The number of esters is 1. The van der Waals surface area contributed by atoms with Gasteiger partial charge in [0.05, 0.1) is 11.1 Å². The van der Waals surface area contributed by atoms with Crippen LogP contribution in [0.3, 0.4) is 0 Å². The van der Waals surface area contributed by atoms with Gasteiger partial charge < -0.3 is 4.74 Å². The minimum atomic E-state index is -1.12. The van der Waals surface area contributed by atoms with Crippen molar-refractivity contribution in [2.45, 2.75) is 46.8 Å². The zero-order chi connectivity index (χ0) is 22.2. The van der Waals surface area contributed by atoms with Crippen molar-refractivity contribution < 1.29 is 23.9 Å². The number of nitrogens with zero attached hydrogens (tertiary/aromatic N) is 1. The van der Waals surface area contributed by atoms with Gasteiger partial charge >= 0.3 is 5.97 Å². The lowest BCUT2D eigenvalue weighted by Crippen LogP contribution is -2.49. The number of fused-ring (bicyclic) bond motifs is 1. The Morgan fingerprint density at radius 2 is 1.43 bits per heavy atom. The van der Waals surface area contributed by atoms with Crippen molar-refractivity contribution in [2.75, 3.05) is 0 Å². The van der Waals surface area contributed by atoms with Gasteiger partial charge in [0.15, 0.2) is 6.10 Å². The van der Waals surface area contributed by atoms with E-state index in [2.05, 4.69) is 0 Å². The van der Waals surface area contributed by atoms with Crippen LogP contribution < -0.4 is 0 Å². The zero-order valence-corrected chi connectivity index (χ0v) is 17.8. The monoisotopic (exact) mass is 407 g/mol. The Balaban J connectivity index is 1.81. The van der Waals surface area contributed by atoms with E-state index in [1.807, 2.05) is 19.9 Å². The van der Waals surface area contributed by atoms with Gasteiger partial charge in [0.2, 0.25) is 5.78 Å². The van der Waals surface area contributed by atoms with E-state index in [0.29, 0.717) is 5.56 Å². The summed E-state index contributed by atoms with van der Waals surface area (Å²) in [6.45, 7) is 8.80. The summed E-state index contributed by atoms with van der Waals surface area (Å²) in [5.74, 6) is -2.55. The average molecular weight is 407 g/mol. The maximum Gasteiger partial charge on any atom is 0.330 e. The van der Waals surface area contributed by atoms with E-state index in [0.717, 1.165) is 16.0 Å². The molecule has 1 aliphatic rings. The summed E-state index contributed by atoms with van der Waals surface area (Å²) in [7, 11) is 0. The lowest BCUT2D eigenvalue weighted by molar-refractivity contribution is -0.152. The average Bonchev–Trinajstić information content (AvgIpc) is 2.95. The summed E-state index contributed by atoms with van der Waals surface area (Å²) in [6.07, 6.45) is -1.05. The van der Waals surface area contributed by atoms with Crippen LogP contribution in [0.1, 0.15) is 63.0 Å². The Kier molecular flexibility index (Phi) is 5.87. The summed E-state index contributed by atoms with van der Waals surface area (Å²) in [6, 6.07) is 10.6. The zero-order valence-electron chi connectivity index (χ0n) is 17.8. The Labute approximate surface area is 175 Å². The summed E-state index contributed by atoms with van der Waals surface area (Å²) in [5.41, 5.74) is 2.99.